The lowest BCUT2D eigenvalue weighted by Crippen LogP contribution is -2.53. The van der Waals surface area contributed by atoms with Crippen LogP contribution in [0.5, 0.6) is 0 Å². The number of nitrogens with zero attached hydrogens (tertiary/aromatic N) is 1. The van der Waals surface area contributed by atoms with E-state index in [1.54, 1.807) is 16.8 Å². The fourth-order valence-corrected chi connectivity index (χ4v) is 2.84. The van der Waals surface area contributed by atoms with Crippen LogP contribution in [0.25, 0.3) is 10.2 Å². The number of hydrogen-bond donors (Lipinski definition) is 2. The van der Waals surface area contributed by atoms with Gasteiger partial charge < -0.3 is 15.4 Å². The molecule has 19 heavy (non-hydrogen) atoms. The molecule has 1 aromatic carbocycles. The van der Waals surface area contributed by atoms with Crippen molar-refractivity contribution in [2.45, 2.75) is 19.1 Å². The third-order valence-corrected chi connectivity index (χ3v) is 4.01. The summed E-state index contributed by atoms with van der Waals surface area (Å²) in [5.74, 6) is -0.0678. The number of nitrogens with one attached hydrogen (secondary N) is 2. The number of rotatable bonds is 2. The summed E-state index contributed by atoms with van der Waals surface area (Å²) >= 11 is 1.59. The molecule has 0 aliphatic carbocycles. The largest absolute Gasteiger partial charge is 0.375 e. The molecule has 2 heterocycles. The van der Waals surface area contributed by atoms with Gasteiger partial charge in [-0.25, -0.2) is 4.98 Å². The van der Waals surface area contributed by atoms with Crippen molar-refractivity contribution in [1.82, 2.24) is 10.3 Å². The molecule has 2 atom stereocenters. The van der Waals surface area contributed by atoms with Crippen LogP contribution in [0, 0.1) is 0 Å². The highest BCUT2D eigenvalue weighted by Crippen LogP contribution is 2.21. The number of thiazole rings is 1. The quantitative estimate of drug-likeness (QED) is 0.875. The first-order valence-corrected chi connectivity index (χ1v) is 7.11. The molecule has 5 nitrogen and oxygen atoms in total. The summed E-state index contributed by atoms with van der Waals surface area (Å²) in [5, 5.41) is 6.08. The molecule has 1 amide bonds. The number of anilines is 1. The Balaban J connectivity index is 1.74. The number of fused-ring (bicyclic) bond motifs is 1. The van der Waals surface area contributed by atoms with Crippen molar-refractivity contribution in [2.24, 2.45) is 0 Å². The van der Waals surface area contributed by atoms with Crippen molar-refractivity contribution < 1.29 is 9.53 Å². The predicted molar refractivity (Wildman–Crippen MR) is 75.5 cm³/mol. The molecule has 0 unspecified atom stereocenters. The van der Waals surface area contributed by atoms with Crippen LogP contribution in [0.2, 0.25) is 0 Å². The molecule has 1 fully saturated rings. The fourth-order valence-electron chi connectivity index (χ4n) is 2.18. The molecule has 2 N–H and O–H groups in total. The van der Waals surface area contributed by atoms with E-state index < -0.39 is 0 Å². The van der Waals surface area contributed by atoms with Gasteiger partial charge in [0.05, 0.1) is 28.4 Å². The van der Waals surface area contributed by atoms with E-state index in [1.165, 1.54) is 0 Å². The summed E-state index contributed by atoms with van der Waals surface area (Å²) in [4.78, 5) is 16.4. The van der Waals surface area contributed by atoms with Crippen molar-refractivity contribution in [3.05, 3.63) is 23.7 Å². The number of hydrogen-bond acceptors (Lipinski definition) is 5. The molecular formula is C13H15N3O2S. The molecule has 6 heteroatoms. The van der Waals surface area contributed by atoms with E-state index in [0.717, 1.165) is 15.9 Å². The molecule has 0 spiro atoms. The molecule has 0 bridgehead atoms. The molecule has 1 aromatic heterocycles. The fraction of sp³-hybridized carbons (Fsp3) is 0.385. The lowest BCUT2D eigenvalue weighted by molar-refractivity contribution is -0.123. The van der Waals surface area contributed by atoms with E-state index in [0.29, 0.717) is 13.2 Å². The van der Waals surface area contributed by atoms with Crippen LogP contribution in [0.3, 0.4) is 0 Å². The number of aromatic nitrogens is 1. The van der Waals surface area contributed by atoms with Gasteiger partial charge in [-0.1, -0.05) is 0 Å². The van der Waals surface area contributed by atoms with E-state index in [4.69, 9.17) is 4.74 Å². The highest BCUT2D eigenvalue weighted by Gasteiger charge is 2.28. The van der Waals surface area contributed by atoms with Gasteiger partial charge in [0.2, 0.25) is 5.91 Å². The summed E-state index contributed by atoms with van der Waals surface area (Å²) in [6, 6.07) is 5.45. The molecule has 0 saturated carbocycles. The van der Waals surface area contributed by atoms with Gasteiger partial charge in [-0.05, 0) is 25.1 Å². The number of carbonyl (C=O) groups excluding carboxylic acids is 1. The van der Waals surface area contributed by atoms with Crippen molar-refractivity contribution in [1.29, 1.82) is 0 Å². The maximum Gasteiger partial charge on any atom is 0.244 e. The van der Waals surface area contributed by atoms with Crippen molar-refractivity contribution in [2.75, 3.05) is 18.5 Å². The third kappa shape index (κ3) is 2.60. The number of amides is 1. The minimum absolute atomic E-state index is 0.0678. The molecule has 1 aliphatic rings. The van der Waals surface area contributed by atoms with Gasteiger partial charge in [0.1, 0.15) is 6.04 Å². The molecule has 0 radical (unpaired) electrons. The molecule has 3 rings (SSSR count). The first kappa shape index (κ1) is 12.5. The molecule has 2 aromatic rings. The van der Waals surface area contributed by atoms with Gasteiger partial charge in [0.15, 0.2) is 0 Å². The Hall–Kier alpha value is -1.50. The van der Waals surface area contributed by atoms with Gasteiger partial charge in [0.25, 0.3) is 0 Å². The van der Waals surface area contributed by atoms with E-state index in [-0.39, 0.29) is 18.1 Å². The number of morpholine rings is 1. The van der Waals surface area contributed by atoms with Crippen LogP contribution in [0.1, 0.15) is 6.92 Å². The van der Waals surface area contributed by atoms with Gasteiger partial charge in [0, 0.05) is 12.2 Å². The third-order valence-electron chi connectivity index (χ3n) is 3.20. The van der Waals surface area contributed by atoms with Crippen LogP contribution >= 0.6 is 11.3 Å². The minimum Gasteiger partial charge on any atom is -0.375 e. The van der Waals surface area contributed by atoms with Gasteiger partial charge in [-0.15, -0.1) is 11.3 Å². The Morgan fingerprint density at radius 2 is 2.47 bits per heavy atom. The zero-order valence-electron chi connectivity index (χ0n) is 10.6. The molecule has 1 aliphatic heterocycles. The smallest absolute Gasteiger partial charge is 0.244 e. The predicted octanol–water partition coefficient (Wildman–Crippen LogP) is 1.61. The minimum atomic E-state index is -0.306. The van der Waals surface area contributed by atoms with E-state index in [1.807, 2.05) is 25.1 Å². The second-order valence-corrected chi connectivity index (χ2v) is 5.42. The monoisotopic (exact) mass is 277 g/mol. The SMILES string of the molecule is C[C@H]1OCCN[C@@H]1C(=O)Nc1ccc2scnc2c1. The van der Waals surface area contributed by atoms with Crippen LogP contribution in [-0.2, 0) is 9.53 Å². The molecule has 1 saturated heterocycles. The van der Waals surface area contributed by atoms with Gasteiger partial charge in [-0.3, -0.25) is 4.79 Å². The highest BCUT2D eigenvalue weighted by atomic mass is 32.1. The summed E-state index contributed by atoms with van der Waals surface area (Å²) in [6.07, 6.45) is -0.114. The zero-order valence-corrected chi connectivity index (χ0v) is 11.4. The maximum absolute atomic E-state index is 12.2. The second-order valence-electron chi connectivity index (χ2n) is 4.53. The summed E-state index contributed by atoms with van der Waals surface area (Å²) < 4.78 is 6.59. The van der Waals surface area contributed by atoms with Crippen molar-refractivity contribution >= 4 is 33.1 Å². The van der Waals surface area contributed by atoms with Crippen LogP contribution < -0.4 is 10.6 Å². The first-order valence-electron chi connectivity index (χ1n) is 6.23. The standard InChI is InChI=1S/C13H15N3O2S/c1-8-12(14-4-5-18-8)13(17)16-9-2-3-11-10(6-9)15-7-19-11/h2-3,6-8,12,14H,4-5H2,1H3,(H,16,17)/t8-,12+/m1/s1. The van der Waals surface area contributed by atoms with Crippen molar-refractivity contribution in [3.8, 4) is 0 Å². The maximum atomic E-state index is 12.2. The Kier molecular flexibility index (Phi) is 3.46. The normalized spacial score (nSPS) is 23.4. The summed E-state index contributed by atoms with van der Waals surface area (Å²) in [7, 11) is 0. The number of carbonyl (C=O) groups is 1. The lowest BCUT2D eigenvalue weighted by Gasteiger charge is -2.29. The number of benzene rings is 1. The number of ether oxygens (including phenoxy) is 1. The summed E-state index contributed by atoms with van der Waals surface area (Å²) in [5.41, 5.74) is 3.47. The Morgan fingerprint density at radius 3 is 3.32 bits per heavy atom. The Labute approximate surface area is 115 Å². The van der Waals surface area contributed by atoms with Crippen molar-refractivity contribution in [3.63, 3.8) is 0 Å². The topological polar surface area (TPSA) is 63.2 Å². The van der Waals surface area contributed by atoms with Crippen LogP contribution in [-0.4, -0.2) is 36.2 Å². The molecule has 100 valence electrons. The Bertz CT molecular complexity index is 598. The van der Waals surface area contributed by atoms with E-state index in [2.05, 4.69) is 15.6 Å². The van der Waals surface area contributed by atoms with Gasteiger partial charge in [-0.2, -0.15) is 0 Å². The van der Waals surface area contributed by atoms with Crippen LogP contribution in [0.4, 0.5) is 5.69 Å². The zero-order chi connectivity index (χ0) is 13.2. The van der Waals surface area contributed by atoms with Gasteiger partial charge >= 0.3 is 0 Å². The molecular weight excluding hydrogens is 262 g/mol. The van der Waals surface area contributed by atoms with E-state index in [9.17, 15) is 4.79 Å². The summed E-state index contributed by atoms with van der Waals surface area (Å²) in [6.45, 7) is 3.25. The first-order chi connectivity index (χ1) is 9.24. The second kappa shape index (κ2) is 5.24. The average molecular weight is 277 g/mol. The van der Waals surface area contributed by atoms with E-state index >= 15 is 0 Å². The Morgan fingerprint density at radius 1 is 1.58 bits per heavy atom. The average Bonchev–Trinajstić information content (AvgIpc) is 2.86. The lowest BCUT2D eigenvalue weighted by atomic mass is 10.1. The highest BCUT2D eigenvalue weighted by molar-refractivity contribution is 7.16. The van der Waals surface area contributed by atoms with Crippen LogP contribution in [0.15, 0.2) is 23.7 Å².